The molecule has 3 rings (SSSR count). The van der Waals surface area contributed by atoms with Crippen molar-refractivity contribution in [1.29, 1.82) is 0 Å². The molecule has 172 valence electrons. The number of piperidine rings is 1. The van der Waals surface area contributed by atoms with Crippen LogP contribution in [0.3, 0.4) is 0 Å². The Morgan fingerprint density at radius 3 is 2.33 bits per heavy atom. The Bertz CT molecular complexity index is 657. The van der Waals surface area contributed by atoms with Gasteiger partial charge in [0.05, 0.1) is 12.2 Å². The fraction of sp³-hybridized carbons (Fsp3) is 0.826. The second-order valence-electron chi connectivity index (χ2n) is 8.64. The zero-order valence-corrected chi connectivity index (χ0v) is 21.9. The molecule has 2 fully saturated rings. The summed E-state index contributed by atoms with van der Waals surface area (Å²) >= 11 is 0. The van der Waals surface area contributed by atoms with Crippen molar-refractivity contribution in [2.45, 2.75) is 97.2 Å². The van der Waals surface area contributed by atoms with Gasteiger partial charge in [-0.2, -0.15) is 5.10 Å². The molecule has 2 aliphatic rings. The second-order valence-corrected chi connectivity index (χ2v) is 8.64. The minimum atomic E-state index is 0. The van der Waals surface area contributed by atoms with Gasteiger partial charge in [0.15, 0.2) is 5.96 Å². The Kier molecular flexibility index (Phi) is 10.9. The Morgan fingerprint density at radius 1 is 1.03 bits per heavy atom. The van der Waals surface area contributed by atoms with Crippen molar-refractivity contribution < 1.29 is 0 Å². The number of nitrogens with zero attached hydrogens (tertiary/aromatic N) is 4. The van der Waals surface area contributed by atoms with Gasteiger partial charge in [-0.1, -0.05) is 33.1 Å². The fourth-order valence-corrected chi connectivity index (χ4v) is 5.10. The number of aliphatic imine (C=N–C) groups is 1. The highest BCUT2D eigenvalue weighted by molar-refractivity contribution is 14.0. The van der Waals surface area contributed by atoms with Crippen molar-refractivity contribution in [2.24, 2.45) is 12.0 Å². The fourth-order valence-electron chi connectivity index (χ4n) is 5.10. The molecule has 2 heterocycles. The molecule has 1 saturated carbocycles. The maximum Gasteiger partial charge on any atom is 0.191 e. The summed E-state index contributed by atoms with van der Waals surface area (Å²) in [7, 11) is 2.05. The van der Waals surface area contributed by atoms with E-state index in [4.69, 9.17) is 10.1 Å². The number of guanidine groups is 1. The highest BCUT2D eigenvalue weighted by Crippen LogP contribution is 2.25. The number of likely N-dealkylation sites (tertiary alicyclic amines) is 1. The lowest BCUT2D eigenvalue weighted by molar-refractivity contribution is 0.119. The van der Waals surface area contributed by atoms with Crippen LogP contribution in [0.5, 0.6) is 0 Å². The molecule has 0 radical (unpaired) electrons. The van der Waals surface area contributed by atoms with E-state index < -0.39 is 0 Å². The van der Waals surface area contributed by atoms with Crippen molar-refractivity contribution in [3.05, 3.63) is 17.0 Å². The van der Waals surface area contributed by atoms with Crippen LogP contribution in [0.1, 0.15) is 82.7 Å². The third kappa shape index (κ3) is 6.58. The lowest BCUT2D eigenvalue weighted by Crippen LogP contribution is -2.51. The predicted molar refractivity (Wildman–Crippen MR) is 137 cm³/mol. The van der Waals surface area contributed by atoms with Gasteiger partial charge >= 0.3 is 0 Å². The first-order valence-corrected chi connectivity index (χ1v) is 12.0. The maximum absolute atomic E-state index is 4.94. The molecule has 0 unspecified atom stereocenters. The number of hydrogen-bond donors (Lipinski definition) is 2. The van der Waals surface area contributed by atoms with Crippen LogP contribution in [0.25, 0.3) is 0 Å². The molecule has 7 heteroatoms. The summed E-state index contributed by atoms with van der Waals surface area (Å²) < 4.78 is 2.03. The molecule has 6 nitrogen and oxygen atoms in total. The van der Waals surface area contributed by atoms with E-state index in [2.05, 4.69) is 43.4 Å². The third-order valence-electron chi connectivity index (χ3n) is 6.73. The number of hydrogen-bond acceptors (Lipinski definition) is 3. The van der Waals surface area contributed by atoms with E-state index >= 15 is 0 Å². The van der Waals surface area contributed by atoms with Crippen LogP contribution in [-0.4, -0.2) is 52.4 Å². The van der Waals surface area contributed by atoms with Crippen LogP contribution in [-0.2, 0) is 26.4 Å². The number of nitrogens with one attached hydrogen (secondary N) is 2. The molecule has 0 aromatic carbocycles. The molecule has 1 aliphatic heterocycles. The SMILES string of the molecule is CCNC(=NCc1c(CC)nn(C)c1CC)NC1CCN(C2CCCCC2)CC1.I. The number of aryl methyl sites for hydroxylation is 2. The molecular weight excluding hydrogens is 487 g/mol. The molecule has 1 aromatic heterocycles. The summed E-state index contributed by atoms with van der Waals surface area (Å²) in [4.78, 5) is 7.69. The molecule has 1 aliphatic carbocycles. The van der Waals surface area contributed by atoms with E-state index in [1.54, 1.807) is 0 Å². The normalized spacial score (nSPS) is 19.5. The highest BCUT2D eigenvalue weighted by atomic mass is 127. The lowest BCUT2D eigenvalue weighted by atomic mass is 9.92. The molecule has 1 aromatic rings. The van der Waals surface area contributed by atoms with Gasteiger partial charge in [-0.3, -0.25) is 4.68 Å². The van der Waals surface area contributed by atoms with E-state index in [1.165, 1.54) is 75.0 Å². The van der Waals surface area contributed by atoms with Gasteiger partial charge in [0.25, 0.3) is 0 Å². The number of rotatable bonds is 7. The first-order chi connectivity index (χ1) is 14.2. The van der Waals surface area contributed by atoms with Crippen LogP contribution >= 0.6 is 24.0 Å². The first-order valence-electron chi connectivity index (χ1n) is 12.0. The van der Waals surface area contributed by atoms with Gasteiger partial charge in [-0.25, -0.2) is 4.99 Å². The average molecular weight is 531 g/mol. The van der Waals surface area contributed by atoms with E-state index in [1.807, 2.05) is 4.68 Å². The Morgan fingerprint density at radius 2 is 1.73 bits per heavy atom. The van der Waals surface area contributed by atoms with Gasteiger partial charge in [-0.05, 0) is 45.4 Å². The summed E-state index contributed by atoms with van der Waals surface area (Å²) in [5, 5.41) is 11.9. The second kappa shape index (κ2) is 12.9. The monoisotopic (exact) mass is 530 g/mol. The summed E-state index contributed by atoms with van der Waals surface area (Å²) in [5.41, 5.74) is 3.80. The van der Waals surface area contributed by atoms with E-state index in [-0.39, 0.29) is 24.0 Å². The van der Waals surface area contributed by atoms with E-state index in [9.17, 15) is 0 Å². The van der Waals surface area contributed by atoms with Crippen LogP contribution in [0.4, 0.5) is 0 Å². The predicted octanol–water partition coefficient (Wildman–Crippen LogP) is 4.02. The van der Waals surface area contributed by atoms with Gasteiger partial charge in [0.2, 0.25) is 0 Å². The quantitative estimate of drug-likeness (QED) is 0.318. The number of aromatic nitrogens is 2. The third-order valence-corrected chi connectivity index (χ3v) is 6.73. The average Bonchev–Trinajstić information content (AvgIpc) is 3.07. The largest absolute Gasteiger partial charge is 0.357 e. The van der Waals surface area contributed by atoms with Crippen molar-refractivity contribution >= 4 is 29.9 Å². The minimum absolute atomic E-state index is 0. The minimum Gasteiger partial charge on any atom is -0.357 e. The van der Waals surface area contributed by atoms with Gasteiger partial charge in [0, 0.05) is 50.0 Å². The van der Waals surface area contributed by atoms with E-state index in [0.29, 0.717) is 12.6 Å². The Labute approximate surface area is 200 Å². The molecule has 0 spiro atoms. The van der Waals surface area contributed by atoms with Crippen molar-refractivity contribution in [3.63, 3.8) is 0 Å². The van der Waals surface area contributed by atoms with Crippen molar-refractivity contribution in [1.82, 2.24) is 25.3 Å². The zero-order valence-electron chi connectivity index (χ0n) is 19.5. The molecular formula is C23H43IN6. The summed E-state index contributed by atoms with van der Waals surface area (Å²) in [6.07, 6.45) is 11.5. The van der Waals surface area contributed by atoms with Crippen LogP contribution in [0, 0.1) is 0 Å². The summed E-state index contributed by atoms with van der Waals surface area (Å²) in [5.74, 6) is 0.955. The van der Waals surface area contributed by atoms with Gasteiger partial charge in [0.1, 0.15) is 0 Å². The Balaban J connectivity index is 0.00000320. The number of halogens is 1. The maximum atomic E-state index is 4.94. The molecule has 1 saturated heterocycles. The lowest BCUT2D eigenvalue weighted by Gasteiger charge is -2.39. The molecule has 0 atom stereocenters. The van der Waals surface area contributed by atoms with Gasteiger partial charge in [-0.15, -0.1) is 24.0 Å². The molecule has 0 bridgehead atoms. The summed E-state index contributed by atoms with van der Waals surface area (Å²) in [6, 6.07) is 1.37. The van der Waals surface area contributed by atoms with Crippen LogP contribution in [0.2, 0.25) is 0 Å². The zero-order chi connectivity index (χ0) is 20.6. The molecule has 0 amide bonds. The van der Waals surface area contributed by atoms with Crippen LogP contribution < -0.4 is 10.6 Å². The molecule has 2 N–H and O–H groups in total. The van der Waals surface area contributed by atoms with Crippen molar-refractivity contribution in [3.8, 4) is 0 Å². The standard InChI is InChI=1S/C23H42N6.HI/c1-5-21-20(22(6-2)28(4)27-21)17-25-23(24-7-3)26-18-13-15-29(16-14-18)19-11-9-8-10-12-19;/h18-19H,5-17H2,1-4H3,(H2,24,25,26);1H. The smallest absolute Gasteiger partial charge is 0.191 e. The van der Waals surface area contributed by atoms with Gasteiger partial charge < -0.3 is 15.5 Å². The summed E-state index contributed by atoms with van der Waals surface area (Å²) in [6.45, 7) is 10.6. The topological polar surface area (TPSA) is 57.5 Å². The molecule has 30 heavy (non-hydrogen) atoms. The van der Waals surface area contributed by atoms with E-state index in [0.717, 1.165) is 31.4 Å². The Hall–Kier alpha value is -0.830. The van der Waals surface area contributed by atoms with Crippen molar-refractivity contribution in [2.75, 3.05) is 19.6 Å². The highest BCUT2D eigenvalue weighted by Gasteiger charge is 2.26. The van der Waals surface area contributed by atoms with Crippen LogP contribution in [0.15, 0.2) is 4.99 Å². The first kappa shape index (κ1) is 25.4.